The molecule has 0 heterocycles. The monoisotopic (exact) mass is 253 g/mol. The molecule has 4 nitrogen and oxygen atoms in total. The Kier molecular flexibility index (Phi) is 5.03. The average Bonchev–Trinajstić information content (AvgIpc) is 2.29. The van der Waals surface area contributed by atoms with Crippen LogP contribution in [0.3, 0.4) is 0 Å². The number of thioether (sulfide) groups is 1. The highest BCUT2D eigenvalue weighted by atomic mass is 32.2. The van der Waals surface area contributed by atoms with Gasteiger partial charge in [-0.1, -0.05) is 18.2 Å². The number of hydrogen-bond donors (Lipinski definition) is 2. The molecule has 0 aliphatic rings. The zero-order chi connectivity index (χ0) is 12.8. The van der Waals surface area contributed by atoms with Gasteiger partial charge < -0.3 is 10.4 Å². The first-order valence-electron chi connectivity index (χ1n) is 5.18. The van der Waals surface area contributed by atoms with E-state index in [0.717, 1.165) is 10.5 Å². The number of carboxylic acids is 1. The molecule has 1 amide bonds. The average molecular weight is 253 g/mol. The summed E-state index contributed by atoms with van der Waals surface area (Å²) in [7, 11) is 0. The van der Waals surface area contributed by atoms with Crippen molar-refractivity contribution < 1.29 is 14.7 Å². The Balaban J connectivity index is 2.65. The van der Waals surface area contributed by atoms with Crippen molar-refractivity contribution in [2.45, 2.75) is 24.3 Å². The normalized spacial score (nSPS) is 11.9. The van der Waals surface area contributed by atoms with Crippen LogP contribution < -0.4 is 5.32 Å². The van der Waals surface area contributed by atoms with Crippen molar-refractivity contribution in [3.05, 3.63) is 29.8 Å². The number of carbonyl (C=O) groups excluding carboxylic acids is 1. The Labute approximate surface area is 104 Å². The number of aliphatic carboxylic acids is 1. The molecule has 0 aliphatic carbocycles. The number of benzene rings is 1. The van der Waals surface area contributed by atoms with Gasteiger partial charge in [-0.05, 0) is 24.8 Å². The lowest BCUT2D eigenvalue weighted by atomic mass is 10.1. The standard InChI is InChI=1S/C12H15NO3S/c1-8(12(15)16)13-11(14)7-9-5-3-4-6-10(9)17-2/h3-6,8H,7H2,1-2H3,(H,13,14)(H,15,16). The Morgan fingerprint density at radius 3 is 2.65 bits per heavy atom. The van der Waals surface area contributed by atoms with E-state index in [-0.39, 0.29) is 12.3 Å². The van der Waals surface area contributed by atoms with Gasteiger partial charge in [0.2, 0.25) is 5.91 Å². The molecular weight excluding hydrogens is 238 g/mol. The zero-order valence-electron chi connectivity index (χ0n) is 9.77. The lowest BCUT2D eigenvalue weighted by molar-refractivity contribution is -0.141. The summed E-state index contributed by atoms with van der Waals surface area (Å²) in [5.41, 5.74) is 0.912. The smallest absolute Gasteiger partial charge is 0.325 e. The SMILES string of the molecule is CSc1ccccc1CC(=O)NC(C)C(=O)O. The van der Waals surface area contributed by atoms with Gasteiger partial charge in [0.25, 0.3) is 0 Å². The fourth-order valence-corrected chi connectivity index (χ4v) is 1.99. The van der Waals surface area contributed by atoms with Gasteiger partial charge in [-0.25, -0.2) is 0 Å². The summed E-state index contributed by atoms with van der Waals surface area (Å²) in [5.74, 6) is -1.31. The van der Waals surface area contributed by atoms with Crippen molar-refractivity contribution in [1.29, 1.82) is 0 Å². The molecule has 0 aromatic heterocycles. The highest BCUT2D eigenvalue weighted by Gasteiger charge is 2.14. The van der Waals surface area contributed by atoms with E-state index in [1.807, 2.05) is 30.5 Å². The van der Waals surface area contributed by atoms with Crippen LogP contribution >= 0.6 is 11.8 Å². The van der Waals surface area contributed by atoms with Gasteiger partial charge in [-0.2, -0.15) is 0 Å². The van der Waals surface area contributed by atoms with Gasteiger partial charge in [0.05, 0.1) is 6.42 Å². The molecular formula is C12H15NO3S. The topological polar surface area (TPSA) is 66.4 Å². The van der Waals surface area contributed by atoms with Crippen molar-refractivity contribution in [2.24, 2.45) is 0 Å². The van der Waals surface area contributed by atoms with Crippen LogP contribution in [0.25, 0.3) is 0 Å². The second-order valence-electron chi connectivity index (χ2n) is 3.62. The first kappa shape index (κ1) is 13.6. The van der Waals surface area contributed by atoms with Crippen molar-refractivity contribution in [3.63, 3.8) is 0 Å². The molecule has 92 valence electrons. The quantitative estimate of drug-likeness (QED) is 0.781. The fraction of sp³-hybridized carbons (Fsp3) is 0.333. The predicted octanol–water partition coefficient (Wildman–Crippen LogP) is 1.54. The maximum Gasteiger partial charge on any atom is 0.325 e. The van der Waals surface area contributed by atoms with Gasteiger partial charge in [0.15, 0.2) is 0 Å². The van der Waals surface area contributed by atoms with E-state index < -0.39 is 12.0 Å². The van der Waals surface area contributed by atoms with Crippen molar-refractivity contribution in [1.82, 2.24) is 5.32 Å². The molecule has 2 N–H and O–H groups in total. The third-order valence-electron chi connectivity index (χ3n) is 2.29. The first-order valence-corrected chi connectivity index (χ1v) is 6.41. The molecule has 0 radical (unpaired) electrons. The van der Waals surface area contributed by atoms with E-state index in [0.29, 0.717) is 0 Å². The second kappa shape index (κ2) is 6.30. The Hall–Kier alpha value is -1.49. The molecule has 0 fully saturated rings. The van der Waals surface area contributed by atoms with Crippen LogP contribution in [0.2, 0.25) is 0 Å². The summed E-state index contributed by atoms with van der Waals surface area (Å²) >= 11 is 1.57. The van der Waals surface area contributed by atoms with Crippen molar-refractivity contribution >= 4 is 23.6 Å². The van der Waals surface area contributed by atoms with Gasteiger partial charge in [-0.15, -0.1) is 11.8 Å². The minimum atomic E-state index is -1.03. The van der Waals surface area contributed by atoms with Gasteiger partial charge in [-0.3, -0.25) is 9.59 Å². The zero-order valence-corrected chi connectivity index (χ0v) is 10.6. The number of amides is 1. The summed E-state index contributed by atoms with van der Waals surface area (Å²) in [6.45, 7) is 1.45. The maximum absolute atomic E-state index is 11.6. The first-order chi connectivity index (χ1) is 8.04. The van der Waals surface area contributed by atoms with Gasteiger partial charge in [0.1, 0.15) is 6.04 Å². The van der Waals surface area contributed by atoms with Crippen LogP contribution in [0.5, 0.6) is 0 Å². The predicted molar refractivity (Wildman–Crippen MR) is 67.2 cm³/mol. The summed E-state index contributed by atoms with van der Waals surface area (Å²) in [5, 5.41) is 11.1. The fourth-order valence-electron chi connectivity index (χ4n) is 1.38. The molecule has 1 aromatic carbocycles. The van der Waals surface area contributed by atoms with E-state index in [2.05, 4.69) is 5.32 Å². The highest BCUT2D eigenvalue weighted by molar-refractivity contribution is 7.98. The molecule has 1 rings (SSSR count). The number of carboxylic acid groups (broad SMARTS) is 1. The van der Waals surface area contributed by atoms with E-state index in [4.69, 9.17) is 5.11 Å². The maximum atomic E-state index is 11.6. The summed E-state index contributed by atoms with van der Waals surface area (Å²) in [4.78, 5) is 23.2. The number of carbonyl (C=O) groups is 2. The molecule has 1 aromatic rings. The Morgan fingerprint density at radius 1 is 1.41 bits per heavy atom. The van der Waals surface area contributed by atoms with Crippen LogP contribution in [0.4, 0.5) is 0 Å². The van der Waals surface area contributed by atoms with Crippen molar-refractivity contribution in [3.8, 4) is 0 Å². The van der Waals surface area contributed by atoms with Crippen LogP contribution in [0.1, 0.15) is 12.5 Å². The molecule has 0 aliphatic heterocycles. The highest BCUT2D eigenvalue weighted by Crippen LogP contribution is 2.20. The van der Waals surface area contributed by atoms with E-state index >= 15 is 0 Å². The lowest BCUT2D eigenvalue weighted by Crippen LogP contribution is -2.39. The lowest BCUT2D eigenvalue weighted by Gasteiger charge is -2.10. The Morgan fingerprint density at radius 2 is 2.06 bits per heavy atom. The van der Waals surface area contributed by atoms with Crippen LogP contribution in [-0.2, 0) is 16.0 Å². The molecule has 5 heteroatoms. The largest absolute Gasteiger partial charge is 0.480 e. The van der Waals surface area contributed by atoms with Gasteiger partial charge in [0, 0.05) is 4.90 Å². The van der Waals surface area contributed by atoms with Crippen molar-refractivity contribution in [2.75, 3.05) is 6.26 Å². The third kappa shape index (κ3) is 4.11. The summed E-state index contributed by atoms with van der Waals surface area (Å²) < 4.78 is 0. The molecule has 17 heavy (non-hydrogen) atoms. The number of hydrogen-bond acceptors (Lipinski definition) is 3. The molecule has 1 atom stereocenters. The molecule has 1 unspecified atom stereocenters. The summed E-state index contributed by atoms with van der Waals surface area (Å²) in [6.07, 6.45) is 2.14. The van der Waals surface area contributed by atoms with Crippen LogP contribution in [-0.4, -0.2) is 29.3 Å². The van der Waals surface area contributed by atoms with E-state index in [9.17, 15) is 9.59 Å². The molecule has 0 spiro atoms. The molecule has 0 saturated carbocycles. The Bertz CT molecular complexity index is 420. The van der Waals surface area contributed by atoms with E-state index in [1.54, 1.807) is 11.8 Å². The summed E-state index contributed by atoms with van der Waals surface area (Å²) in [6, 6.07) is 6.73. The number of rotatable bonds is 5. The van der Waals surface area contributed by atoms with E-state index in [1.165, 1.54) is 6.92 Å². The van der Waals surface area contributed by atoms with Crippen LogP contribution in [0.15, 0.2) is 29.2 Å². The van der Waals surface area contributed by atoms with Crippen LogP contribution in [0, 0.1) is 0 Å². The number of nitrogens with one attached hydrogen (secondary N) is 1. The minimum absolute atomic E-state index is 0.203. The van der Waals surface area contributed by atoms with Gasteiger partial charge >= 0.3 is 5.97 Å². The molecule has 0 saturated heterocycles. The second-order valence-corrected chi connectivity index (χ2v) is 4.46. The minimum Gasteiger partial charge on any atom is -0.480 e. The molecule has 0 bridgehead atoms. The third-order valence-corrected chi connectivity index (χ3v) is 3.13.